The molecule has 0 bridgehead atoms. The summed E-state index contributed by atoms with van der Waals surface area (Å²) in [4.78, 5) is 12.1. The lowest BCUT2D eigenvalue weighted by Gasteiger charge is -2.41. The van der Waals surface area contributed by atoms with Crippen molar-refractivity contribution in [2.75, 3.05) is 6.61 Å². The summed E-state index contributed by atoms with van der Waals surface area (Å²) in [5.41, 5.74) is -0.274. The van der Waals surface area contributed by atoms with Crippen LogP contribution >= 0.6 is 0 Å². The van der Waals surface area contributed by atoms with Crippen LogP contribution in [0, 0.1) is 5.92 Å². The van der Waals surface area contributed by atoms with Crippen LogP contribution in [-0.4, -0.2) is 35.2 Å². The highest BCUT2D eigenvalue weighted by atomic mass is 16.3. The second-order valence-corrected chi connectivity index (χ2v) is 6.32. The van der Waals surface area contributed by atoms with Crippen LogP contribution in [0.1, 0.15) is 59.8 Å². The van der Waals surface area contributed by atoms with E-state index in [2.05, 4.69) is 24.5 Å². The van der Waals surface area contributed by atoms with Gasteiger partial charge in [-0.15, -0.1) is 0 Å². The first kappa shape index (κ1) is 16.4. The van der Waals surface area contributed by atoms with Crippen molar-refractivity contribution in [1.29, 1.82) is 0 Å². The smallest absolute Gasteiger partial charge is 0.237 e. The predicted molar refractivity (Wildman–Crippen MR) is 77.9 cm³/mol. The first-order valence-corrected chi connectivity index (χ1v) is 7.61. The van der Waals surface area contributed by atoms with Crippen molar-refractivity contribution in [3.05, 3.63) is 0 Å². The normalized spacial score (nSPS) is 30.7. The first-order valence-electron chi connectivity index (χ1n) is 7.61. The minimum Gasteiger partial charge on any atom is -0.394 e. The molecule has 112 valence electrons. The zero-order valence-corrected chi connectivity index (χ0v) is 12.8. The number of aliphatic hydroxyl groups excluding tert-OH is 1. The van der Waals surface area contributed by atoms with Crippen LogP contribution in [0.5, 0.6) is 0 Å². The molecule has 4 atom stereocenters. The van der Waals surface area contributed by atoms with Crippen LogP contribution in [0.4, 0.5) is 0 Å². The first-order chi connectivity index (χ1) is 8.92. The van der Waals surface area contributed by atoms with E-state index in [0.717, 1.165) is 25.7 Å². The van der Waals surface area contributed by atoms with Crippen molar-refractivity contribution < 1.29 is 9.90 Å². The molecule has 1 aliphatic carbocycles. The molecular formula is C15H30N2O2. The van der Waals surface area contributed by atoms with Crippen molar-refractivity contribution in [1.82, 2.24) is 10.6 Å². The van der Waals surface area contributed by atoms with Crippen molar-refractivity contribution in [3.8, 4) is 0 Å². The number of amides is 1. The summed E-state index contributed by atoms with van der Waals surface area (Å²) in [5.74, 6) is 0.638. The highest BCUT2D eigenvalue weighted by molar-refractivity contribution is 5.81. The number of rotatable bonds is 6. The Balaban J connectivity index is 2.57. The molecule has 19 heavy (non-hydrogen) atoms. The maximum absolute atomic E-state index is 12.1. The SMILES string of the molecule is CCC(C)NC(=O)C(C)NC1(CO)CCCC(C)C1. The summed E-state index contributed by atoms with van der Waals surface area (Å²) >= 11 is 0. The van der Waals surface area contributed by atoms with Gasteiger partial charge in [0.2, 0.25) is 5.91 Å². The fourth-order valence-electron chi connectivity index (χ4n) is 2.98. The van der Waals surface area contributed by atoms with Gasteiger partial charge in [-0.3, -0.25) is 10.1 Å². The van der Waals surface area contributed by atoms with Crippen LogP contribution in [0.15, 0.2) is 0 Å². The topological polar surface area (TPSA) is 61.4 Å². The highest BCUT2D eigenvalue weighted by Crippen LogP contribution is 2.32. The van der Waals surface area contributed by atoms with Gasteiger partial charge in [-0.1, -0.05) is 26.7 Å². The van der Waals surface area contributed by atoms with E-state index in [9.17, 15) is 9.90 Å². The molecule has 0 spiro atoms. The molecule has 1 fully saturated rings. The number of carbonyl (C=O) groups excluding carboxylic acids is 1. The lowest BCUT2D eigenvalue weighted by molar-refractivity contribution is -0.124. The summed E-state index contributed by atoms with van der Waals surface area (Å²) in [6.45, 7) is 8.28. The van der Waals surface area contributed by atoms with Crippen molar-refractivity contribution in [3.63, 3.8) is 0 Å². The van der Waals surface area contributed by atoms with Gasteiger partial charge in [-0.2, -0.15) is 0 Å². The Hall–Kier alpha value is -0.610. The average molecular weight is 270 g/mol. The van der Waals surface area contributed by atoms with Crippen molar-refractivity contribution >= 4 is 5.91 Å². The maximum Gasteiger partial charge on any atom is 0.237 e. The van der Waals surface area contributed by atoms with Gasteiger partial charge in [-0.25, -0.2) is 0 Å². The molecule has 1 saturated carbocycles. The van der Waals surface area contributed by atoms with E-state index in [4.69, 9.17) is 0 Å². The van der Waals surface area contributed by atoms with Crippen molar-refractivity contribution in [2.24, 2.45) is 5.92 Å². The quantitative estimate of drug-likeness (QED) is 0.690. The fraction of sp³-hybridized carbons (Fsp3) is 0.933. The van der Waals surface area contributed by atoms with Gasteiger partial charge in [-0.05, 0) is 39.0 Å². The second kappa shape index (κ2) is 7.25. The van der Waals surface area contributed by atoms with E-state index in [-0.39, 0.29) is 30.1 Å². The molecule has 0 aliphatic heterocycles. The molecule has 0 saturated heterocycles. The molecule has 0 aromatic carbocycles. The third-order valence-corrected chi connectivity index (χ3v) is 4.31. The van der Waals surface area contributed by atoms with E-state index in [1.54, 1.807) is 0 Å². The van der Waals surface area contributed by atoms with E-state index >= 15 is 0 Å². The summed E-state index contributed by atoms with van der Waals surface area (Å²) < 4.78 is 0. The van der Waals surface area contributed by atoms with Crippen LogP contribution in [-0.2, 0) is 4.79 Å². The Labute approximate surface area is 117 Å². The molecule has 4 unspecified atom stereocenters. The fourth-order valence-corrected chi connectivity index (χ4v) is 2.98. The summed E-state index contributed by atoms with van der Waals surface area (Å²) in [6, 6.07) is -0.0569. The maximum atomic E-state index is 12.1. The Kier molecular flexibility index (Phi) is 6.27. The number of hydrogen-bond donors (Lipinski definition) is 3. The van der Waals surface area contributed by atoms with Gasteiger partial charge >= 0.3 is 0 Å². The van der Waals surface area contributed by atoms with Gasteiger partial charge < -0.3 is 10.4 Å². The largest absolute Gasteiger partial charge is 0.394 e. The van der Waals surface area contributed by atoms with Gasteiger partial charge in [0, 0.05) is 11.6 Å². The highest BCUT2D eigenvalue weighted by Gasteiger charge is 2.36. The average Bonchev–Trinajstić information content (AvgIpc) is 2.38. The van der Waals surface area contributed by atoms with E-state index in [0.29, 0.717) is 5.92 Å². The van der Waals surface area contributed by atoms with Crippen LogP contribution in [0.25, 0.3) is 0 Å². The van der Waals surface area contributed by atoms with Gasteiger partial charge in [0.05, 0.1) is 12.6 Å². The Morgan fingerprint density at radius 2 is 2.16 bits per heavy atom. The van der Waals surface area contributed by atoms with E-state index in [1.807, 2.05) is 13.8 Å². The van der Waals surface area contributed by atoms with Crippen LogP contribution < -0.4 is 10.6 Å². The number of carbonyl (C=O) groups is 1. The van der Waals surface area contributed by atoms with E-state index in [1.165, 1.54) is 6.42 Å². The molecule has 3 N–H and O–H groups in total. The zero-order chi connectivity index (χ0) is 14.5. The number of hydrogen-bond acceptors (Lipinski definition) is 3. The minimum atomic E-state index is -0.274. The van der Waals surface area contributed by atoms with Crippen molar-refractivity contribution in [2.45, 2.75) is 77.4 Å². The Morgan fingerprint density at radius 1 is 1.47 bits per heavy atom. The predicted octanol–water partition coefficient (Wildman–Crippen LogP) is 1.82. The zero-order valence-electron chi connectivity index (χ0n) is 12.8. The number of aliphatic hydroxyl groups is 1. The van der Waals surface area contributed by atoms with Gasteiger partial charge in [0.1, 0.15) is 0 Å². The van der Waals surface area contributed by atoms with Crippen LogP contribution in [0.3, 0.4) is 0 Å². The molecule has 0 aromatic rings. The number of nitrogens with one attached hydrogen (secondary N) is 2. The molecular weight excluding hydrogens is 240 g/mol. The summed E-state index contributed by atoms with van der Waals surface area (Å²) in [7, 11) is 0. The van der Waals surface area contributed by atoms with E-state index < -0.39 is 0 Å². The standard InChI is InChI=1S/C15H30N2O2/c1-5-12(3)16-14(19)13(4)17-15(10-18)8-6-7-11(2)9-15/h11-13,17-18H,5-10H2,1-4H3,(H,16,19). The Morgan fingerprint density at radius 3 is 2.68 bits per heavy atom. The molecule has 0 heterocycles. The minimum absolute atomic E-state index is 0.0281. The summed E-state index contributed by atoms with van der Waals surface area (Å²) in [5, 5.41) is 16.1. The Bertz CT molecular complexity index is 296. The molecule has 4 heteroatoms. The van der Waals surface area contributed by atoms with Gasteiger partial charge in [0.25, 0.3) is 0 Å². The molecule has 1 aliphatic rings. The monoisotopic (exact) mass is 270 g/mol. The van der Waals surface area contributed by atoms with Crippen LogP contribution in [0.2, 0.25) is 0 Å². The molecule has 0 radical (unpaired) electrons. The van der Waals surface area contributed by atoms with Gasteiger partial charge in [0.15, 0.2) is 0 Å². The third-order valence-electron chi connectivity index (χ3n) is 4.31. The lowest BCUT2D eigenvalue weighted by Crippen LogP contribution is -2.58. The molecule has 0 aromatic heterocycles. The molecule has 1 rings (SSSR count). The lowest BCUT2D eigenvalue weighted by atomic mass is 9.76. The third kappa shape index (κ3) is 4.77. The second-order valence-electron chi connectivity index (χ2n) is 6.32. The summed E-state index contributed by atoms with van der Waals surface area (Å²) in [6.07, 6.45) is 5.17. The molecule has 4 nitrogen and oxygen atoms in total. The molecule has 1 amide bonds.